The van der Waals surface area contributed by atoms with Crippen LogP contribution in [0.25, 0.3) is 11.1 Å². The van der Waals surface area contributed by atoms with E-state index in [1.54, 1.807) is 6.20 Å². The lowest BCUT2D eigenvalue weighted by molar-refractivity contribution is 0.0507. The number of hydrogen-bond donors (Lipinski definition) is 0. The molecule has 28 heavy (non-hydrogen) atoms. The zero-order valence-electron chi connectivity index (χ0n) is 15.8. The maximum atomic E-state index is 13.2. The number of pyridine rings is 1. The molecule has 0 radical (unpaired) electrons. The molecule has 1 aliphatic heterocycles. The molecule has 0 spiro atoms. The van der Waals surface area contributed by atoms with Gasteiger partial charge in [-0.2, -0.15) is 0 Å². The number of ether oxygens (including phenoxy) is 1. The molecule has 1 aliphatic rings. The Morgan fingerprint density at radius 1 is 1.00 bits per heavy atom. The van der Waals surface area contributed by atoms with Gasteiger partial charge in [-0.25, -0.2) is 0 Å². The molecule has 3 aromatic rings. The Hall–Kier alpha value is -2.98. The van der Waals surface area contributed by atoms with Crippen molar-refractivity contribution in [3.63, 3.8) is 0 Å². The molecule has 2 heterocycles. The van der Waals surface area contributed by atoms with Crippen LogP contribution in [0.15, 0.2) is 79.1 Å². The Bertz CT molecular complexity index is 889. The molecule has 4 heteroatoms. The summed E-state index contributed by atoms with van der Waals surface area (Å²) in [6.45, 7) is 1.92. The molecule has 2 aromatic carbocycles. The van der Waals surface area contributed by atoms with Gasteiger partial charge in [0.05, 0.1) is 6.10 Å². The quantitative estimate of drug-likeness (QED) is 0.636. The van der Waals surface area contributed by atoms with E-state index in [9.17, 15) is 4.79 Å². The molecule has 0 N–H and O–H groups in total. The van der Waals surface area contributed by atoms with E-state index in [2.05, 4.69) is 17.1 Å². The lowest BCUT2D eigenvalue weighted by Gasteiger charge is -2.25. The van der Waals surface area contributed by atoms with E-state index in [4.69, 9.17) is 4.74 Å². The molecule has 4 rings (SSSR count). The fourth-order valence-corrected chi connectivity index (χ4v) is 3.58. The van der Waals surface area contributed by atoms with Gasteiger partial charge in [0.15, 0.2) is 0 Å². The van der Waals surface area contributed by atoms with Gasteiger partial charge in [-0.05, 0) is 47.7 Å². The predicted molar refractivity (Wildman–Crippen MR) is 110 cm³/mol. The number of amides is 1. The molecule has 4 nitrogen and oxygen atoms in total. The van der Waals surface area contributed by atoms with Crippen molar-refractivity contribution < 1.29 is 9.53 Å². The van der Waals surface area contributed by atoms with Crippen LogP contribution in [0, 0.1) is 0 Å². The van der Waals surface area contributed by atoms with Crippen LogP contribution in [0.2, 0.25) is 0 Å². The van der Waals surface area contributed by atoms with Crippen molar-refractivity contribution in [2.45, 2.75) is 25.5 Å². The molecule has 1 amide bonds. The van der Waals surface area contributed by atoms with Gasteiger partial charge in [0.2, 0.25) is 0 Å². The summed E-state index contributed by atoms with van der Waals surface area (Å²) < 4.78 is 5.77. The fraction of sp³-hybridized carbons (Fsp3) is 0.250. The Morgan fingerprint density at radius 2 is 1.79 bits per heavy atom. The van der Waals surface area contributed by atoms with E-state index in [0.29, 0.717) is 18.7 Å². The summed E-state index contributed by atoms with van der Waals surface area (Å²) in [5.41, 5.74) is 3.97. The van der Waals surface area contributed by atoms with Gasteiger partial charge >= 0.3 is 0 Å². The normalized spacial score (nSPS) is 16.1. The third kappa shape index (κ3) is 4.46. The number of aromatic nitrogens is 1. The third-order valence-electron chi connectivity index (χ3n) is 5.07. The minimum absolute atomic E-state index is 0.0268. The molecule has 0 saturated carbocycles. The summed E-state index contributed by atoms with van der Waals surface area (Å²) in [5.74, 6) is 0.0268. The number of nitrogens with zero attached hydrogens (tertiary/aromatic N) is 2. The first-order valence-corrected chi connectivity index (χ1v) is 9.75. The number of carbonyl (C=O) groups excluding carboxylic acids is 1. The van der Waals surface area contributed by atoms with E-state index in [1.165, 1.54) is 0 Å². The minimum atomic E-state index is 0.0268. The van der Waals surface area contributed by atoms with Crippen LogP contribution in [0.1, 0.15) is 28.8 Å². The predicted octanol–water partition coefficient (Wildman–Crippen LogP) is 4.57. The first kappa shape index (κ1) is 18.4. The van der Waals surface area contributed by atoms with Crippen molar-refractivity contribution in [3.05, 3.63) is 90.3 Å². The zero-order chi connectivity index (χ0) is 19.2. The van der Waals surface area contributed by atoms with Gasteiger partial charge in [0, 0.05) is 37.7 Å². The summed E-state index contributed by atoms with van der Waals surface area (Å²) in [6, 6.07) is 21.9. The molecule has 0 bridgehead atoms. The van der Waals surface area contributed by atoms with Gasteiger partial charge in [-0.3, -0.25) is 9.78 Å². The summed E-state index contributed by atoms with van der Waals surface area (Å²) >= 11 is 0. The second-order valence-electron chi connectivity index (χ2n) is 7.13. The largest absolute Gasteiger partial charge is 0.376 e. The first-order valence-electron chi connectivity index (χ1n) is 9.75. The average Bonchev–Trinajstić information content (AvgIpc) is 3.27. The maximum Gasteiger partial charge on any atom is 0.254 e. The standard InChI is InChI=1S/C24H24N2O2/c27-24(22-12-10-21(11-13-22)20-7-2-1-3-8-20)26(18-23-9-5-15-28-23)17-19-6-4-14-25-16-19/h1-4,6-8,10-14,16,23H,5,9,15,17-18H2. The molecule has 1 unspecified atom stereocenters. The zero-order valence-corrected chi connectivity index (χ0v) is 15.8. The van der Waals surface area contributed by atoms with Crippen LogP contribution in [0.3, 0.4) is 0 Å². The topological polar surface area (TPSA) is 42.4 Å². The van der Waals surface area contributed by atoms with E-state index in [0.717, 1.165) is 36.1 Å². The molecule has 142 valence electrons. The molecule has 1 atom stereocenters. The summed E-state index contributed by atoms with van der Waals surface area (Å²) in [6.07, 6.45) is 5.74. The van der Waals surface area contributed by atoms with Crippen LogP contribution >= 0.6 is 0 Å². The summed E-state index contributed by atoms with van der Waals surface area (Å²) in [5, 5.41) is 0. The minimum Gasteiger partial charge on any atom is -0.376 e. The van der Waals surface area contributed by atoms with Gasteiger partial charge in [-0.15, -0.1) is 0 Å². The average molecular weight is 372 g/mol. The highest BCUT2D eigenvalue weighted by Crippen LogP contribution is 2.21. The van der Waals surface area contributed by atoms with Crippen LogP contribution in [-0.2, 0) is 11.3 Å². The molecular weight excluding hydrogens is 348 g/mol. The Kier molecular flexibility index (Phi) is 5.78. The van der Waals surface area contributed by atoms with Crippen molar-refractivity contribution in [2.24, 2.45) is 0 Å². The second kappa shape index (κ2) is 8.81. The molecule has 1 saturated heterocycles. The second-order valence-corrected chi connectivity index (χ2v) is 7.13. The fourth-order valence-electron chi connectivity index (χ4n) is 3.58. The van der Waals surface area contributed by atoms with Crippen LogP contribution in [0.4, 0.5) is 0 Å². The van der Waals surface area contributed by atoms with Gasteiger partial charge < -0.3 is 9.64 Å². The Labute approximate surface area is 165 Å². The highest BCUT2D eigenvalue weighted by atomic mass is 16.5. The van der Waals surface area contributed by atoms with E-state index in [1.807, 2.05) is 65.7 Å². The van der Waals surface area contributed by atoms with Crippen molar-refractivity contribution in [1.29, 1.82) is 0 Å². The van der Waals surface area contributed by atoms with Crippen molar-refractivity contribution in [2.75, 3.05) is 13.2 Å². The third-order valence-corrected chi connectivity index (χ3v) is 5.07. The number of carbonyl (C=O) groups is 1. The van der Waals surface area contributed by atoms with Crippen LogP contribution < -0.4 is 0 Å². The highest BCUT2D eigenvalue weighted by Gasteiger charge is 2.23. The SMILES string of the molecule is O=C(c1ccc(-c2ccccc2)cc1)N(Cc1cccnc1)CC1CCCO1. The number of rotatable bonds is 6. The van der Waals surface area contributed by atoms with E-state index in [-0.39, 0.29) is 12.0 Å². The lowest BCUT2D eigenvalue weighted by Crippen LogP contribution is -2.37. The summed E-state index contributed by atoms with van der Waals surface area (Å²) in [4.78, 5) is 19.3. The van der Waals surface area contributed by atoms with Crippen molar-refractivity contribution in [1.82, 2.24) is 9.88 Å². The monoisotopic (exact) mass is 372 g/mol. The summed E-state index contributed by atoms with van der Waals surface area (Å²) in [7, 11) is 0. The Morgan fingerprint density at radius 3 is 2.46 bits per heavy atom. The lowest BCUT2D eigenvalue weighted by atomic mass is 10.0. The van der Waals surface area contributed by atoms with Gasteiger partial charge in [0.1, 0.15) is 0 Å². The number of hydrogen-bond acceptors (Lipinski definition) is 3. The maximum absolute atomic E-state index is 13.2. The van der Waals surface area contributed by atoms with Gasteiger partial charge in [-0.1, -0.05) is 48.5 Å². The Balaban J connectivity index is 1.53. The van der Waals surface area contributed by atoms with E-state index >= 15 is 0 Å². The van der Waals surface area contributed by atoms with Crippen molar-refractivity contribution in [3.8, 4) is 11.1 Å². The molecular formula is C24H24N2O2. The van der Waals surface area contributed by atoms with Gasteiger partial charge in [0.25, 0.3) is 5.91 Å². The molecule has 1 aromatic heterocycles. The van der Waals surface area contributed by atoms with Crippen LogP contribution in [-0.4, -0.2) is 35.0 Å². The van der Waals surface area contributed by atoms with Crippen LogP contribution in [0.5, 0.6) is 0 Å². The van der Waals surface area contributed by atoms with Crippen molar-refractivity contribution >= 4 is 5.91 Å². The van der Waals surface area contributed by atoms with E-state index < -0.39 is 0 Å². The molecule has 1 fully saturated rings. The number of benzene rings is 2. The molecule has 0 aliphatic carbocycles. The smallest absolute Gasteiger partial charge is 0.254 e. The highest BCUT2D eigenvalue weighted by molar-refractivity contribution is 5.94. The first-order chi connectivity index (χ1) is 13.8.